The molecule has 0 amide bonds. The largest absolute Gasteiger partial charge is 0.371 e. The number of thiophene rings is 1. The first kappa shape index (κ1) is 10.1. The van der Waals surface area contributed by atoms with Crippen molar-refractivity contribution in [3.8, 4) is 0 Å². The highest BCUT2D eigenvalue weighted by Crippen LogP contribution is 2.33. The molecule has 0 bridgehead atoms. The maximum Gasteiger partial charge on any atom is 0.104 e. The lowest BCUT2D eigenvalue weighted by atomic mass is 10.3. The molecular formula is C11H17NOS. The van der Waals surface area contributed by atoms with Crippen molar-refractivity contribution in [1.29, 1.82) is 0 Å². The first-order valence-electron chi connectivity index (χ1n) is 5.25. The Hall–Kier alpha value is -0.380. The molecule has 0 aliphatic heterocycles. The maximum absolute atomic E-state index is 5.77. The van der Waals surface area contributed by atoms with Gasteiger partial charge in [0.2, 0.25) is 0 Å². The number of ether oxygens (including phenoxy) is 1. The molecule has 1 atom stereocenters. The maximum atomic E-state index is 5.77. The van der Waals surface area contributed by atoms with E-state index in [1.807, 2.05) is 6.07 Å². The summed E-state index contributed by atoms with van der Waals surface area (Å²) in [6, 6.07) is 4.15. The predicted octanol–water partition coefficient (Wildman–Crippen LogP) is 2.56. The van der Waals surface area contributed by atoms with Gasteiger partial charge in [0, 0.05) is 18.0 Å². The molecule has 0 radical (unpaired) electrons. The molecule has 0 spiro atoms. The van der Waals surface area contributed by atoms with Crippen LogP contribution in [0.5, 0.6) is 0 Å². The Bertz CT molecular complexity index is 256. The minimum Gasteiger partial charge on any atom is -0.371 e. The van der Waals surface area contributed by atoms with E-state index in [9.17, 15) is 0 Å². The second kappa shape index (κ2) is 4.91. The van der Waals surface area contributed by atoms with E-state index in [2.05, 4.69) is 11.4 Å². The van der Waals surface area contributed by atoms with Crippen molar-refractivity contribution in [2.24, 2.45) is 11.7 Å². The van der Waals surface area contributed by atoms with Crippen molar-refractivity contribution >= 4 is 11.3 Å². The van der Waals surface area contributed by atoms with Crippen LogP contribution in [0.3, 0.4) is 0 Å². The van der Waals surface area contributed by atoms with Gasteiger partial charge < -0.3 is 10.5 Å². The molecule has 1 unspecified atom stereocenters. The molecule has 78 valence electrons. The van der Waals surface area contributed by atoms with Crippen LogP contribution in [0.15, 0.2) is 17.5 Å². The smallest absolute Gasteiger partial charge is 0.104 e. The Labute approximate surface area is 89.1 Å². The van der Waals surface area contributed by atoms with E-state index in [-0.39, 0.29) is 6.10 Å². The van der Waals surface area contributed by atoms with Crippen LogP contribution in [0.1, 0.15) is 30.2 Å². The summed E-state index contributed by atoms with van der Waals surface area (Å²) < 4.78 is 5.77. The Morgan fingerprint density at radius 1 is 1.57 bits per heavy atom. The molecule has 14 heavy (non-hydrogen) atoms. The van der Waals surface area contributed by atoms with E-state index in [4.69, 9.17) is 10.5 Å². The summed E-state index contributed by atoms with van der Waals surface area (Å²) in [4.78, 5) is 1.25. The first-order valence-corrected chi connectivity index (χ1v) is 6.13. The van der Waals surface area contributed by atoms with Crippen LogP contribution in [0.4, 0.5) is 0 Å². The molecule has 0 saturated heterocycles. The highest BCUT2D eigenvalue weighted by molar-refractivity contribution is 7.10. The Morgan fingerprint density at radius 2 is 2.43 bits per heavy atom. The van der Waals surface area contributed by atoms with Crippen LogP contribution in [-0.2, 0) is 4.74 Å². The third-order valence-electron chi connectivity index (χ3n) is 2.62. The molecule has 1 aromatic rings. The van der Waals surface area contributed by atoms with Crippen LogP contribution in [0, 0.1) is 5.92 Å². The third-order valence-corrected chi connectivity index (χ3v) is 3.58. The minimum absolute atomic E-state index is 0.119. The SMILES string of the molecule is NCC(OCCC1CC1)c1cccs1. The first-order chi connectivity index (χ1) is 6.90. The van der Waals surface area contributed by atoms with Crippen molar-refractivity contribution in [3.63, 3.8) is 0 Å². The number of hydrogen-bond acceptors (Lipinski definition) is 3. The zero-order valence-electron chi connectivity index (χ0n) is 8.32. The van der Waals surface area contributed by atoms with E-state index in [0.717, 1.165) is 12.5 Å². The van der Waals surface area contributed by atoms with Gasteiger partial charge in [-0.1, -0.05) is 18.9 Å². The Kier molecular flexibility index (Phi) is 3.56. The van der Waals surface area contributed by atoms with Crippen molar-refractivity contribution in [2.75, 3.05) is 13.2 Å². The molecule has 1 aliphatic carbocycles. The highest BCUT2D eigenvalue weighted by atomic mass is 32.1. The summed E-state index contributed by atoms with van der Waals surface area (Å²) in [5, 5.41) is 2.07. The zero-order chi connectivity index (χ0) is 9.80. The van der Waals surface area contributed by atoms with E-state index >= 15 is 0 Å². The highest BCUT2D eigenvalue weighted by Gasteiger charge is 2.21. The fourth-order valence-corrected chi connectivity index (χ4v) is 2.31. The topological polar surface area (TPSA) is 35.2 Å². The van der Waals surface area contributed by atoms with Crippen LogP contribution in [0.2, 0.25) is 0 Å². The van der Waals surface area contributed by atoms with Crippen LogP contribution in [0.25, 0.3) is 0 Å². The standard InChI is InChI=1S/C11H17NOS/c12-8-10(11-2-1-7-14-11)13-6-5-9-3-4-9/h1-2,7,9-10H,3-6,8,12H2. The molecule has 2 nitrogen and oxygen atoms in total. The molecule has 1 fully saturated rings. The second-order valence-electron chi connectivity index (χ2n) is 3.84. The summed E-state index contributed by atoms with van der Waals surface area (Å²) in [6.07, 6.45) is 4.13. The molecule has 0 aromatic carbocycles. The molecule has 1 aliphatic rings. The van der Waals surface area contributed by atoms with Gasteiger partial charge in [-0.3, -0.25) is 0 Å². The lowest BCUT2D eigenvalue weighted by Gasteiger charge is -2.13. The predicted molar refractivity (Wildman–Crippen MR) is 59.4 cm³/mol. The fourth-order valence-electron chi connectivity index (χ4n) is 1.52. The normalized spacial score (nSPS) is 18.4. The van der Waals surface area contributed by atoms with Crippen LogP contribution in [-0.4, -0.2) is 13.2 Å². The van der Waals surface area contributed by atoms with Gasteiger partial charge in [0.25, 0.3) is 0 Å². The van der Waals surface area contributed by atoms with E-state index in [1.54, 1.807) is 11.3 Å². The monoisotopic (exact) mass is 211 g/mol. The number of rotatable bonds is 6. The van der Waals surface area contributed by atoms with Gasteiger partial charge in [-0.25, -0.2) is 0 Å². The van der Waals surface area contributed by atoms with Crippen LogP contribution >= 0.6 is 11.3 Å². The van der Waals surface area contributed by atoms with E-state index in [0.29, 0.717) is 6.54 Å². The molecule has 2 N–H and O–H groups in total. The summed E-state index contributed by atoms with van der Waals surface area (Å²) in [7, 11) is 0. The van der Waals surface area contributed by atoms with Gasteiger partial charge >= 0.3 is 0 Å². The second-order valence-corrected chi connectivity index (χ2v) is 4.82. The van der Waals surface area contributed by atoms with Gasteiger partial charge in [-0.2, -0.15) is 0 Å². The van der Waals surface area contributed by atoms with Gasteiger partial charge in [0.1, 0.15) is 6.10 Å². The quantitative estimate of drug-likeness (QED) is 0.785. The molecular weight excluding hydrogens is 194 g/mol. The Balaban J connectivity index is 1.74. The molecule has 1 saturated carbocycles. The average molecular weight is 211 g/mol. The third kappa shape index (κ3) is 2.80. The summed E-state index contributed by atoms with van der Waals surface area (Å²) in [6.45, 7) is 1.45. The molecule has 3 heteroatoms. The minimum atomic E-state index is 0.119. The van der Waals surface area contributed by atoms with Crippen molar-refractivity contribution in [3.05, 3.63) is 22.4 Å². The van der Waals surface area contributed by atoms with Crippen molar-refractivity contribution in [1.82, 2.24) is 0 Å². The van der Waals surface area contributed by atoms with Crippen LogP contribution < -0.4 is 5.73 Å². The average Bonchev–Trinajstić information content (AvgIpc) is 2.86. The summed E-state index contributed by atoms with van der Waals surface area (Å²) >= 11 is 1.73. The zero-order valence-corrected chi connectivity index (χ0v) is 9.13. The van der Waals surface area contributed by atoms with Crippen molar-refractivity contribution < 1.29 is 4.74 Å². The molecule has 1 aromatic heterocycles. The van der Waals surface area contributed by atoms with Gasteiger partial charge in [0.05, 0.1) is 0 Å². The lowest BCUT2D eigenvalue weighted by Crippen LogP contribution is -2.15. The van der Waals surface area contributed by atoms with Gasteiger partial charge in [-0.15, -0.1) is 11.3 Å². The fraction of sp³-hybridized carbons (Fsp3) is 0.636. The summed E-state index contributed by atoms with van der Waals surface area (Å²) in [5.41, 5.74) is 5.68. The van der Waals surface area contributed by atoms with Gasteiger partial charge in [-0.05, 0) is 23.8 Å². The van der Waals surface area contributed by atoms with E-state index < -0.39 is 0 Å². The molecule has 1 heterocycles. The molecule has 2 rings (SSSR count). The number of nitrogens with two attached hydrogens (primary N) is 1. The van der Waals surface area contributed by atoms with Crippen molar-refractivity contribution in [2.45, 2.75) is 25.4 Å². The van der Waals surface area contributed by atoms with Gasteiger partial charge in [0.15, 0.2) is 0 Å². The summed E-state index contributed by atoms with van der Waals surface area (Å²) in [5.74, 6) is 0.941. The lowest BCUT2D eigenvalue weighted by molar-refractivity contribution is 0.0568. The Morgan fingerprint density at radius 3 is 3.00 bits per heavy atom. The van der Waals surface area contributed by atoms with E-state index in [1.165, 1.54) is 24.1 Å². The number of hydrogen-bond donors (Lipinski definition) is 1.